The van der Waals surface area contributed by atoms with Crippen molar-refractivity contribution < 1.29 is 31.1 Å². The topological polar surface area (TPSA) is 81.5 Å². The van der Waals surface area contributed by atoms with E-state index in [1.807, 2.05) is 0 Å². The fourth-order valence-corrected chi connectivity index (χ4v) is 5.51. The standard InChI is InChI=1S/C25H26F3N3O4S/c1-35-13-12-30(23(32)19-7-3-2-4-8-19)16-22-15-29-24(31(22)21-10-11-21)36(33,34)17-18-6-5-9-20(14-18)25(26,27)28/h2-9,14-15,21H,10-13,16-17H2,1H3. The molecule has 2 aromatic carbocycles. The van der Waals surface area contributed by atoms with Crippen LogP contribution in [0.1, 0.15) is 46.1 Å². The Balaban J connectivity index is 1.63. The number of carbonyl (C=O) groups excluding carboxylic acids is 1. The van der Waals surface area contributed by atoms with E-state index in [9.17, 15) is 26.4 Å². The highest BCUT2D eigenvalue weighted by atomic mass is 32.2. The SMILES string of the molecule is COCCN(Cc1cnc(S(=O)(=O)Cc2cccc(C(F)(F)F)c2)n1C1CC1)C(=O)c1ccccc1. The summed E-state index contributed by atoms with van der Waals surface area (Å²) in [5.41, 5.74) is 0.149. The molecule has 7 nitrogen and oxygen atoms in total. The maximum Gasteiger partial charge on any atom is 0.416 e. The molecule has 1 aromatic heterocycles. The molecule has 1 saturated carbocycles. The van der Waals surface area contributed by atoms with Gasteiger partial charge in [-0.3, -0.25) is 4.79 Å². The molecule has 11 heteroatoms. The molecule has 4 rings (SSSR count). The van der Waals surface area contributed by atoms with Crippen LogP contribution in [0.2, 0.25) is 0 Å². The highest BCUT2D eigenvalue weighted by Crippen LogP contribution is 2.39. The van der Waals surface area contributed by atoms with Crippen molar-refractivity contribution in [2.24, 2.45) is 0 Å². The van der Waals surface area contributed by atoms with Gasteiger partial charge in [0, 0.05) is 25.3 Å². The zero-order valence-corrected chi connectivity index (χ0v) is 20.4. The second-order valence-electron chi connectivity index (χ2n) is 8.68. The van der Waals surface area contributed by atoms with Gasteiger partial charge in [0.05, 0.1) is 36.4 Å². The Hall–Kier alpha value is -3.18. The van der Waals surface area contributed by atoms with Gasteiger partial charge in [-0.05, 0) is 36.6 Å². The third kappa shape index (κ3) is 5.96. The molecule has 0 bridgehead atoms. The van der Waals surface area contributed by atoms with Crippen LogP contribution in [0.25, 0.3) is 0 Å². The number of halogens is 3. The third-order valence-electron chi connectivity index (χ3n) is 5.87. The number of amides is 1. The van der Waals surface area contributed by atoms with Crippen molar-refractivity contribution in [3.8, 4) is 0 Å². The van der Waals surface area contributed by atoms with Crippen molar-refractivity contribution in [1.29, 1.82) is 0 Å². The highest BCUT2D eigenvalue weighted by Gasteiger charge is 2.35. The van der Waals surface area contributed by atoms with Gasteiger partial charge in [0.1, 0.15) is 0 Å². The fraction of sp³-hybridized carbons (Fsp3) is 0.360. The van der Waals surface area contributed by atoms with E-state index < -0.39 is 27.3 Å². The molecular formula is C25H26F3N3O4S. The molecule has 1 heterocycles. The molecule has 1 aliphatic rings. The van der Waals surface area contributed by atoms with E-state index in [4.69, 9.17) is 4.74 Å². The molecule has 0 radical (unpaired) electrons. The number of sulfone groups is 1. The van der Waals surface area contributed by atoms with Crippen LogP contribution in [-0.4, -0.2) is 49.0 Å². The lowest BCUT2D eigenvalue weighted by Crippen LogP contribution is -2.34. The van der Waals surface area contributed by atoms with Crippen molar-refractivity contribution in [3.05, 3.63) is 83.2 Å². The maximum absolute atomic E-state index is 13.3. The van der Waals surface area contributed by atoms with E-state index in [1.54, 1.807) is 39.8 Å². The Morgan fingerprint density at radius 2 is 1.86 bits per heavy atom. The average Bonchev–Trinajstić information content (AvgIpc) is 3.59. The number of benzene rings is 2. The van der Waals surface area contributed by atoms with Gasteiger partial charge < -0.3 is 14.2 Å². The first kappa shape index (κ1) is 25.9. The largest absolute Gasteiger partial charge is 0.416 e. The predicted octanol–water partition coefficient (Wildman–Crippen LogP) is 4.50. The molecule has 0 spiro atoms. The van der Waals surface area contributed by atoms with Crippen molar-refractivity contribution in [2.45, 2.75) is 42.5 Å². The van der Waals surface area contributed by atoms with Crippen molar-refractivity contribution in [1.82, 2.24) is 14.5 Å². The monoisotopic (exact) mass is 521 g/mol. The molecular weight excluding hydrogens is 495 g/mol. The van der Waals surface area contributed by atoms with Crippen molar-refractivity contribution in [2.75, 3.05) is 20.3 Å². The van der Waals surface area contributed by atoms with Gasteiger partial charge in [-0.15, -0.1) is 0 Å². The molecule has 3 aromatic rings. The number of carbonyl (C=O) groups is 1. The van der Waals surface area contributed by atoms with E-state index in [0.717, 1.165) is 25.0 Å². The molecule has 36 heavy (non-hydrogen) atoms. The average molecular weight is 522 g/mol. The van der Waals surface area contributed by atoms with E-state index in [0.29, 0.717) is 11.3 Å². The first-order chi connectivity index (χ1) is 17.1. The number of methoxy groups -OCH3 is 1. The molecule has 0 unspecified atom stereocenters. The zero-order valence-electron chi connectivity index (χ0n) is 19.6. The number of imidazole rings is 1. The Morgan fingerprint density at radius 1 is 1.14 bits per heavy atom. The summed E-state index contributed by atoms with van der Waals surface area (Å²) in [6, 6.07) is 12.9. The smallest absolute Gasteiger partial charge is 0.383 e. The Labute approximate surface area is 207 Å². The lowest BCUT2D eigenvalue weighted by molar-refractivity contribution is -0.137. The number of hydrogen-bond acceptors (Lipinski definition) is 5. The van der Waals surface area contributed by atoms with Crippen molar-refractivity contribution >= 4 is 15.7 Å². The predicted molar refractivity (Wildman–Crippen MR) is 126 cm³/mol. The number of ether oxygens (including phenoxy) is 1. The zero-order chi connectivity index (χ0) is 25.9. The summed E-state index contributed by atoms with van der Waals surface area (Å²) in [5.74, 6) is -0.847. The highest BCUT2D eigenvalue weighted by molar-refractivity contribution is 7.90. The molecule has 0 N–H and O–H groups in total. The van der Waals surface area contributed by atoms with Gasteiger partial charge in [0.15, 0.2) is 0 Å². The summed E-state index contributed by atoms with van der Waals surface area (Å²) < 4.78 is 72.6. The van der Waals surface area contributed by atoms with Crippen LogP contribution in [0.4, 0.5) is 13.2 Å². The van der Waals surface area contributed by atoms with Gasteiger partial charge >= 0.3 is 6.18 Å². The minimum Gasteiger partial charge on any atom is -0.383 e. The van der Waals surface area contributed by atoms with Gasteiger partial charge in [-0.1, -0.05) is 36.4 Å². The van der Waals surface area contributed by atoms with E-state index in [1.165, 1.54) is 25.4 Å². The summed E-state index contributed by atoms with van der Waals surface area (Å²) in [7, 11) is -2.53. The Bertz CT molecular complexity index is 1320. The van der Waals surface area contributed by atoms with Crippen molar-refractivity contribution in [3.63, 3.8) is 0 Å². The number of aromatic nitrogens is 2. The number of nitrogens with zero attached hydrogens (tertiary/aromatic N) is 3. The minimum absolute atomic E-state index is 0.0256. The van der Waals surface area contributed by atoms with Crippen LogP contribution in [0.5, 0.6) is 0 Å². The molecule has 1 fully saturated rings. The number of alkyl halides is 3. The lowest BCUT2D eigenvalue weighted by atomic mass is 10.1. The Morgan fingerprint density at radius 3 is 2.50 bits per heavy atom. The van der Waals surface area contributed by atoms with Crippen LogP contribution in [0.15, 0.2) is 66.0 Å². The third-order valence-corrected chi connectivity index (χ3v) is 7.44. The van der Waals surface area contributed by atoms with E-state index in [-0.39, 0.29) is 42.4 Å². The molecule has 1 amide bonds. The summed E-state index contributed by atoms with van der Waals surface area (Å²) >= 11 is 0. The summed E-state index contributed by atoms with van der Waals surface area (Å²) in [6.45, 7) is 0.683. The summed E-state index contributed by atoms with van der Waals surface area (Å²) in [6.07, 6.45) is -1.65. The van der Waals surface area contributed by atoms with Crippen LogP contribution >= 0.6 is 0 Å². The lowest BCUT2D eigenvalue weighted by Gasteiger charge is -2.23. The quantitative estimate of drug-likeness (QED) is 0.393. The summed E-state index contributed by atoms with van der Waals surface area (Å²) in [4.78, 5) is 18.9. The van der Waals surface area contributed by atoms with Crippen LogP contribution in [0, 0.1) is 0 Å². The maximum atomic E-state index is 13.3. The molecule has 0 aliphatic heterocycles. The first-order valence-corrected chi connectivity index (χ1v) is 13.0. The molecule has 1 aliphatic carbocycles. The second kappa shape index (κ2) is 10.4. The van der Waals surface area contributed by atoms with Gasteiger partial charge in [0.2, 0.25) is 15.0 Å². The van der Waals surface area contributed by atoms with Crippen LogP contribution in [0.3, 0.4) is 0 Å². The number of hydrogen-bond donors (Lipinski definition) is 0. The fourth-order valence-electron chi connectivity index (χ4n) is 3.98. The second-order valence-corrected chi connectivity index (χ2v) is 10.6. The van der Waals surface area contributed by atoms with Gasteiger partial charge in [-0.2, -0.15) is 13.2 Å². The van der Waals surface area contributed by atoms with E-state index in [2.05, 4.69) is 4.98 Å². The van der Waals surface area contributed by atoms with Crippen LogP contribution < -0.4 is 0 Å². The van der Waals surface area contributed by atoms with Crippen LogP contribution in [-0.2, 0) is 33.0 Å². The first-order valence-electron chi connectivity index (χ1n) is 11.4. The molecule has 192 valence electrons. The van der Waals surface area contributed by atoms with Gasteiger partial charge in [0.25, 0.3) is 5.91 Å². The van der Waals surface area contributed by atoms with E-state index >= 15 is 0 Å². The Kier molecular flexibility index (Phi) is 7.51. The van der Waals surface area contributed by atoms with Gasteiger partial charge in [-0.25, -0.2) is 13.4 Å². The molecule has 0 saturated heterocycles. The normalized spacial score (nSPS) is 14.1. The molecule has 0 atom stereocenters. The minimum atomic E-state index is -4.57. The summed E-state index contributed by atoms with van der Waals surface area (Å²) in [5, 5.41) is -0.198. The number of rotatable bonds is 10.